The molecular weight excluding hydrogens is 332 g/mol. The molecule has 2 aliphatic rings. The van der Waals surface area contributed by atoms with Gasteiger partial charge in [0.05, 0.1) is 19.3 Å². The molecule has 0 spiro atoms. The zero-order valence-corrected chi connectivity index (χ0v) is 15.8. The zero-order valence-electron chi connectivity index (χ0n) is 15.8. The molecule has 1 aromatic rings. The Kier molecular flexibility index (Phi) is 6.51. The highest BCUT2D eigenvalue weighted by molar-refractivity contribution is 5.94. The van der Waals surface area contributed by atoms with E-state index in [1.807, 2.05) is 0 Å². The van der Waals surface area contributed by atoms with E-state index in [1.54, 1.807) is 36.3 Å². The summed E-state index contributed by atoms with van der Waals surface area (Å²) in [6.45, 7) is 3.62. The van der Waals surface area contributed by atoms with E-state index in [0.717, 1.165) is 44.8 Å². The highest BCUT2D eigenvalue weighted by atomic mass is 16.5. The van der Waals surface area contributed by atoms with Gasteiger partial charge in [-0.25, -0.2) is 0 Å². The lowest BCUT2D eigenvalue weighted by Gasteiger charge is -2.29. The van der Waals surface area contributed by atoms with E-state index >= 15 is 0 Å². The maximum atomic E-state index is 12.7. The van der Waals surface area contributed by atoms with Gasteiger partial charge < -0.3 is 19.5 Å². The summed E-state index contributed by atoms with van der Waals surface area (Å²) in [7, 11) is 3.66. The monoisotopic (exact) mass is 362 g/mol. The number of likely N-dealkylation sites (tertiary alicyclic amines) is 1. The number of aliphatic hydroxyl groups excluding tert-OH is 1. The van der Waals surface area contributed by atoms with Crippen molar-refractivity contribution >= 4 is 5.91 Å². The number of methoxy groups -OCH3 is 1. The normalized spacial score (nSPS) is 24.2. The molecule has 2 aliphatic heterocycles. The minimum atomic E-state index is -0.503. The van der Waals surface area contributed by atoms with Crippen molar-refractivity contribution in [2.45, 2.75) is 31.4 Å². The summed E-state index contributed by atoms with van der Waals surface area (Å²) < 4.78 is 10.6. The number of nitrogens with zero attached hydrogens (tertiary/aromatic N) is 2. The molecule has 2 atom stereocenters. The van der Waals surface area contributed by atoms with E-state index in [2.05, 4.69) is 11.9 Å². The van der Waals surface area contributed by atoms with Crippen LogP contribution in [0.25, 0.3) is 0 Å². The van der Waals surface area contributed by atoms with Crippen molar-refractivity contribution < 1.29 is 19.4 Å². The van der Waals surface area contributed by atoms with Crippen molar-refractivity contribution in [1.82, 2.24) is 9.80 Å². The lowest BCUT2D eigenvalue weighted by atomic mass is 9.96. The first-order valence-corrected chi connectivity index (χ1v) is 9.48. The van der Waals surface area contributed by atoms with Crippen molar-refractivity contribution in [3.63, 3.8) is 0 Å². The van der Waals surface area contributed by atoms with Gasteiger partial charge in [-0.15, -0.1) is 0 Å². The van der Waals surface area contributed by atoms with Crippen LogP contribution in [0.4, 0.5) is 0 Å². The van der Waals surface area contributed by atoms with Crippen molar-refractivity contribution in [3.05, 3.63) is 29.8 Å². The summed E-state index contributed by atoms with van der Waals surface area (Å²) in [5, 5.41) is 10.5. The lowest BCUT2D eigenvalue weighted by Crippen LogP contribution is -2.42. The largest absolute Gasteiger partial charge is 0.497 e. The number of amides is 1. The summed E-state index contributed by atoms with van der Waals surface area (Å²) >= 11 is 0. The molecule has 0 bridgehead atoms. The maximum absolute atomic E-state index is 12.7. The fraction of sp³-hybridized carbons (Fsp3) is 0.650. The summed E-state index contributed by atoms with van der Waals surface area (Å²) in [5.74, 6) is 1.41. The van der Waals surface area contributed by atoms with E-state index in [-0.39, 0.29) is 11.9 Å². The lowest BCUT2D eigenvalue weighted by molar-refractivity contribution is 0.0537. The summed E-state index contributed by atoms with van der Waals surface area (Å²) in [6, 6.07) is 7.12. The molecule has 6 nitrogen and oxygen atoms in total. The van der Waals surface area contributed by atoms with Crippen molar-refractivity contribution in [1.29, 1.82) is 0 Å². The van der Waals surface area contributed by atoms with Gasteiger partial charge in [0.1, 0.15) is 5.75 Å². The molecule has 1 N–H and O–H groups in total. The molecule has 3 rings (SSSR count). The van der Waals surface area contributed by atoms with Crippen LogP contribution in [-0.2, 0) is 4.74 Å². The van der Waals surface area contributed by atoms with Gasteiger partial charge in [0, 0.05) is 31.9 Å². The smallest absolute Gasteiger partial charge is 0.254 e. The van der Waals surface area contributed by atoms with Crippen molar-refractivity contribution in [3.8, 4) is 5.75 Å². The van der Waals surface area contributed by atoms with Gasteiger partial charge in [0.25, 0.3) is 5.91 Å². The summed E-state index contributed by atoms with van der Waals surface area (Å²) in [6.07, 6.45) is 2.87. The van der Waals surface area contributed by atoms with Gasteiger partial charge in [0.15, 0.2) is 0 Å². The minimum absolute atomic E-state index is 0.00274. The number of carbonyl (C=O) groups is 1. The molecule has 0 saturated carbocycles. The second kappa shape index (κ2) is 8.84. The molecule has 1 aromatic carbocycles. The molecule has 26 heavy (non-hydrogen) atoms. The molecule has 0 aliphatic carbocycles. The number of likely N-dealkylation sites (N-methyl/N-ethyl adjacent to an activating group) is 1. The SMILES string of the molecule is COc1ccc(C(=O)N2C[C@H](O)[C@@H](N(C)CCC3CCOCC3)C2)cc1. The quantitative estimate of drug-likeness (QED) is 0.833. The van der Waals surface area contributed by atoms with Crippen LogP contribution in [0, 0.1) is 5.92 Å². The predicted octanol–water partition coefficient (Wildman–Crippen LogP) is 1.63. The Hall–Kier alpha value is -1.63. The molecule has 0 aromatic heterocycles. The number of hydrogen-bond acceptors (Lipinski definition) is 5. The average Bonchev–Trinajstić information content (AvgIpc) is 3.08. The van der Waals surface area contributed by atoms with Crippen LogP contribution in [0.2, 0.25) is 0 Å². The van der Waals surface area contributed by atoms with E-state index in [0.29, 0.717) is 24.6 Å². The van der Waals surface area contributed by atoms with Crippen molar-refractivity contribution in [2.24, 2.45) is 5.92 Å². The van der Waals surface area contributed by atoms with E-state index < -0.39 is 6.10 Å². The molecule has 2 fully saturated rings. The number of β-amino-alcohol motifs (C(OH)–C–C–N with tert-alkyl or cyclic N) is 1. The summed E-state index contributed by atoms with van der Waals surface area (Å²) in [4.78, 5) is 16.7. The fourth-order valence-electron chi connectivity index (χ4n) is 3.87. The zero-order chi connectivity index (χ0) is 18.5. The first kappa shape index (κ1) is 19.1. The highest BCUT2D eigenvalue weighted by Crippen LogP contribution is 2.22. The number of rotatable bonds is 6. The maximum Gasteiger partial charge on any atom is 0.254 e. The molecule has 0 unspecified atom stereocenters. The number of hydrogen-bond donors (Lipinski definition) is 1. The van der Waals surface area contributed by atoms with Gasteiger partial charge in [0.2, 0.25) is 0 Å². The fourth-order valence-corrected chi connectivity index (χ4v) is 3.87. The number of aliphatic hydroxyl groups is 1. The second-order valence-corrected chi connectivity index (χ2v) is 7.40. The second-order valence-electron chi connectivity index (χ2n) is 7.40. The minimum Gasteiger partial charge on any atom is -0.497 e. The molecule has 1 amide bonds. The predicted molar refractivity (Wildman–Crippen MR) is 99.5 cm³/mol. The Morgan fingerprint density at radius 1 is 1.27 bits per heavy atom. The van der Waals surface area contributed by atoms with Gasteiger partial charge in [-0.3, -0.25) is 9.69 Å². The van der Waals surface area contributed by atoms with Gasteiger partial charge in [-0.1, -0.05) is 0 Å². The van der Waals surface area contributed by atoms with Crippen LogP contribution in [0.15, 0.2) is 24.3 Å². The van der Waals surface area contributed by atoms with E-state index in [9.17, 15) is 9.90 Å². The van der Waals surface area contributed by atoms with Crippen molar-refractivity contribution in [2.75, 3.05) is 47.0 Å². The van der Waals surface area contributed by atoms with E-state index in [1.165, 1.54) is 0 Å². The Labute approximate surface area is 155 Å². The summed E-state index contributed by atoms with van der Waals surface area (Å²) in [5.41, 5.74) is 0.628. The molecule has 6 heteroatoms. The molecular formula is C20H30N2O4. The Balaban J connectivity index is 1.53. The van der Waals surface area contributed by atoms with Gasteiger partial charge in [-0.05, 0) is 63.0 Å². The van der Waals surface area contributed by atoms with E-state index in [4.69, 9.17) is 9.47 Å². The third-order valence-electron chi connectivity index (χ3n) is 5.68. The molecule has 2 heterocycles. The van der Waals surface area contributed by atoms with Crippen LogP contribution >= 0.6 is 0 Å². The molecule has 2 saturated heterocycles. The standard InChI is InChI=1S/C20H30N2O4/c1-21(10-7-15-8-11-26-12-9-15)18-13-22(14-19(18)23)20(24)16-3-5-17(25-2)6-4-16/h3-6,15,18-19,23H,7-14H2,1-2H3/t18-,19-/m0/s1. The van der Waals surface area contributed by atoms with Crippen LogP contribution in [0.1, 0.15) is 29.6 Å². The van der Waals surface area contributed by atoms with Crippen LogP contribution in [-0.4, -0.2) is 80.0 Å². The molecule has 144 valence electrons. The van der Waals surface area contributed by atoms with Gasteiger partial charge in [-0.2, -0.15) is 0 Å². The third-order valence-corrected chi connectivity index (χ3v) is 5.68. The Morgan fingerprint density at radius 2 is 1.96 bits per heavy atom. The Bertz CT molecular complexity index is 586. The number of benzene rings is 1. The average molecular weight is 362 g/mol. The van der Waals surface area contributed by atoms with Crippen LogP contribution < -0.4 is 4.74 Å². The first-order valence-electron chi connectivity index (χ1n) is 9.48. The Morgan fingerprint density at radius 3 is 2.62 bits per heavy atom. The number of ether oxygens (including phenoxy) is 2. The number of carbonyl (C=O) groups excluding carboxylic acids is 1. The highest BCUT2D eigenvalue weighted by Gasteiger charge is 2.36. The molecule has 0 radical (unpaired) electrons. The van der Waals surface area contributed by atoms with Gasteiger partial charge >= 0.3 is 0 Å². The van der Waals surface area contributed by atoms with Crippen LogP contribution in [0.3, 0.4) is 0 Å². The topological polar surface area (TPSA) is 62.2 Å². The first-order chi connectivity index (χ1) is 12.6. The third kappa shape index (κ3) is 4.55. The van der Waals surface area contributed by atoms with Crippen LogP contribution in [0.5, 0.6) is 5.75 Å².